The Morgan fingerprint density at radius 1 is 1.09 bits per heavy atom. The van der Waals surface area contributed by atoms with E-state index in [0.717, 1.165) is 30.6 Å². The molecule has 1 fully saturated rings. The lowest BCUT2D eigenvalue weighted by Gasteiger charge is -2.28. The number of halogens is 1. The van der Waals surface area contributed by atoms with Gasteiger partial charge < -0.3 is 0 Å². The maximum atomic E-state index is 13.1. The lowest BCUT2D eigenvalue weighted by atomic mass is 10.1. The van der Waals surface area contributed by atoms with Gasteiger partial charge in [0.15, 0.2) is 0 Å². The molecule has 3 nitrogen and oxygen atoms in total. The van der Waals surface area contributed by atoms with Crippen LogP contribution in [-0.4, -0.2) is 19.3 Å². The van der Waals surface area contributed by atoms with E-state index in [0.29, 0.717) is 6.54 Å². The highest BCUT2D eigenvalue weighted by atomic mass is 32.2. The van der Waals surface area contributed by atoms with Crippen molar-refractivity contribution in [2.45, 2.75) is 43.5 Å². The van der Waals surface area contributed by atoms with Gasteiger partial charge in [-0.2, -0.15) is 4.31 Å². The molecule has 6 heteroatoms. The maximum Gasteiger partial charge on any atom is 0.243 e. The molecule has 23 heavy (non-hydrogen) atoms. The minimum absolute atomic E-state index is 0.119. The summed E-state index contributed by atoms with van der Waals surface area (Å²) < 4.78 is 40.8. The zero-order valence-corrected chi connectivity index (χ0v) is 14.7. The summed E-state index contributed by atoms with van der Waals surface area (Å²) >= 11 is 1.65. The second kappa shape index (κ2) is 6.71. The van der Waals surface area contributed by atoms with Crippen molar-refractivity contribution in [3.05, 3.63) is 52.0 Å². The van der Waals surface area contributed by atoms with E-state index in [2.05, 4.69) is 0 Å². The predicted octanol–water partition coefficient (Wildman–Crippen LogP) is 4.50. The Labute approximate surface area is 140 Å². The van der Waals surface area contributed by atoms with Crippen LogP contribution in [0.25, 0.3) is 0 Å². The lowest BCUT2D eigenvalue weighted by Crippen LogP contribution is -2.34. The van der Waals surface area contributed by atoms with E-state index < -0.39 is 15.8 Å². The number of hydrogen-bond donors (Lipinski definition) is 0. The molecule has 1 aliphatic rings. The predicted molar refractivity (Wildman–Crippen MR) is 90.6 cm³/mol. The molecule has 0 saturated carbocycles. The number of nitrogens with zero attached hydrogens (tertiary/aromatic N) is 1. The Hall–Kier alpha value is -1.24. The van der Waals surface area contributed by atoms with Gasteiger partial charge in [0.2, 0.25) is 10.0 Å². The first-order valence-corrected chi connectivity index (χ1v) is 10.1. The first-order valence-electron chi connectivity index (χ1n) is 7.82. The Balaban J connectivity index is 2.00. The fourth-order valence-corrected chi connectivity index (χ4v) is 5.79. The summed E-state index contributed by atoms with van der Waals surface area (Å²) in [6.45, 7) is 2.55. The van der Waals surface area contributed by atoms with Crippen molar-refractivity contribution >= 4 is 21.4 Å². The van der Waals surface area contributed by atoms with E-state index in [1.165, 1.54) is 29.1 Å². The third kappa shape index (κ3) is 3.49. The van der Waals surface area contributed by atoms with Gasteiger partial charge in [0, 0.05) is 16.3 Å². The van der Waals surface area contributed by atoms with Crippen molar-refractivity contribution in [3.63, 3.8) is 0 Å². The topological polar surface area (TPSA) is 37.4 Å². The average molecular weight is 353 g/mol. The van der Waals surface area contributed by atoms with Crippen molar-refractivity contribution < 1.29 is 12.8 Å². The summed E-state index contributed by atoms with van der Waals surface area (Å²) in [5, 5.41) is 0. The van der Waals surface area contributed by atoms with E-state index in [1.807, 2.05) is 19.1 Å². The normalized spacial score (nSPS) is 20.3. The van der Waals surface area contributed by atoms with Crippen LogP contribution in [0.2, 0.25) is 0 Å². The molecular formula is C17H20FNO2S2. The molecule has 0 spiro atoms. The molecule has 0 radical (unpaired) electrons. The summed E-state index contributed by atoms with van der Waals surface area (Å²) in [5.74, 6) is -0.426. The SMILES string of the molecule is Cc1ccc([C@@H]2CCCCCN2S(=O)(=O)c2ccc(F)cc2)s1. The van der Waals surface area contributed by atoms with Gasteiger partial charge in [0.1, 0.15) is 5.82 Å². The van der Waals surface area contributed by atoms with Gasteiger partial charge in [-0.05, 0) is 56.2 Å². The molecule has 0 unspecified atom stereocenters. The summed E-state index contributed by atoms with van der Waals surface area (Å²) in [6.07, 6.45) is 3.76. The molecule has 2 heterocycles. The standard InChI is InChI=1S/C17H20FNO2S2/c1-13-6-11-17(22-13)16-5-3-2-4-12-19(16)23(20,21)15-9-7-14(18)8-10-15/h6-11,16H,2-5,12H2,1H3/t16-/m0/s1. The fraction of sp³-hybridized carbons (Fsp3) is 0.412. The summed E-state index contributed by atoms with van der Waals surface area (Å²) in [4.78, 5) is 2.44. The molecule has 0 amide bonds. The van der Waals surface area contributed by atoms with Crippen LogP contribution < -0.4 is 0 Å². The van der Waals surface area contributed by atoms with Crippen molar-refractivity contribution in [1.82, 2.24) is 4.31 Å². The van der Waals surface area contributed by atoms with Crippen LogP contribution in [0.5, 0.6) is 0 Å². The zero-order chi connectivity index (χ0) is 16.4. The molecule has 1 atom stereocenters. The Bertz CT molecular complexity index is 768. The van der Waals surface area contributed by atoms with Gasteiger partial charge >= 0.3 is 0 Å². The molecule has 1 aromatic carbocycles. The van der Waals surface area contributed by atoms with Crippen LogP contribution >= 0.6 is 11.3 Å². The minimum Gasteiger partial charge on any atom is -0.207 e. The fourth-order valence-electron chi connectivity index (χ4n) is 3.03. The van der Waals surface area contributed by atoms with E-state index in [9.17, 15) is 12.8 Å². The van der Waals surface area contributed by atoms with Crippen LogP contribution in [-0.2, 0) is 10.0 Å². The first-order chi connectivity index (χ1) is 11.0. The van der Waals surface area contributed by atoms with Crippen molar-refractivity contribution in [1.29, 1.82) is 0 Å². The smallest absolute Gasteiger partial charge is 0.207 e. The Morgan fingerprint density at radius 3 is 2.48 bits per heavy atom. The monoisotopic (exact) mass is 353 g/mol. The van der Waals surface area contributed by atoms with Crippen LogP contribution in [0.15, 0.2) is 41.3 Å². The number of rotatable bonds is 3. The zero-order valence-electron chi connectivity index (χ0n) is 13.0. The summed E-state index contributed by atoms with van der Waals surface area (Å²) in [7, 11) is -3.62. The highest BCUT2D eigenvalue weighted by Crippen LogP contribution is 2.37. The third-order valence-corrected chi connectivity index (χ3v) is 7.24. The quantitative estimate of drug-likeness (QED) is 0.814. The van der Waals surface area contributed by atoms with Crippen molar-refractivity contribution in [2.75, 3.05) is 6.54 Å². The number of hydrogen-bond acceptors (Lipinski definition) is 3. The number of benzene rings is 1. The van der Waals surface area contributed by atoms with Gasteiger partial charge in [-0.15, -0.1) is 11.3 Å². The van der Waals surface area contributed by atoms with Gasteiger partial charge in [-0.25, -0.2) is 12.8 Å². The molecule has 2 aromatic rings. The minimum atomic E-state index is -3.62. The molecule has 1 aromatic heterocycles. The molecule has 1 aliphatic heterocycles. The molecule has 1 saturated heterocycles. The van der Waals surface area contributed by atoms with Gasteiger partial charge in [-0.3, -0.25) is 0 Å². The molecule has 0 bridgehead atoms. The van der Waals surface area contributed by atoms with E-state index >= 15 is 0 Å². The third-order valence-electron chi connectivity index (χ3n) is 4.21. The summed E-state index contributed by atoms with van der Waals surface area (Å²) in [5.41, 5.74) is 0. The second-order valence-corrected chi connectivity index (χ2v) is 9.09. The van der Waals surface area contributed by atoms with Crippen LogP contribution in [0.1, 0.15) is 41.5 Å². The molecular weight excluding hydrogens is 333 g/mol. The van der Waals surface area contributed by atoms with Gasteiger partial charge in [0.05, 0.1) is 10.9 Å². The number of thiophene rings is 1. The molecule has 3 rings (SSSR count). The number of sulfonamides is 1. The Morgan fingerprint density at radius 2 is 1.83 bits per heavy atom. The van der Waals surface area contributed by atoms with Gasteiger partial charge in [0.25, 0.3) is 0 Å². The van der Waals surface area contributed by atoms with Crippen LogP contribution in [0.3, 0.4) is 0 Å². The lowest BCUT2D eigenvalue weighted by molar-refractivity contribution is 0.333. The van der Waals surface area contributed by atoms with Gasteiger partial charge in [-0.1, -0.05) is 12.8 Å². The van der Waals surface area contributed by atoms with E-state index in [4.69, 9.17) is 0 Å². The first kappa shape index (κ1) is 16.6. The largest absolute Gasteiger partial charge is 0.243 e. The highest BCUT2D eigenvalue weighted by molar-refractivity contribution is 7.89. The molecule has 124 valence electrons. The Kier molecular flexibility index (Phi) is 4.85. The van der Waals surface area contributed by atoms with E-state index in [-0.39, 0.29) is 10.9 Å². The average Bonchev–Trinajstić information content (AvgIpc) is 2.80. The molecule has 0 aliphatic carbocycles. The van der Waals surface area contributed by atoms with Crippen LogP contribution in [0.4, 0.5) is 4.39 Å². The highest BCUT2D eigenvalue weighted by Gasteiger charge is 2.34. The second-order valence-electron chi connectivity index (χ2n) is 5.88. The van der Waals surface area contributed by atoms with E-state index in [1.54, 1.807) is 15.6 Å². The maximum absolute atomic E-state index is 13.1. The molecule has 0 N–H and O–H groups in total. The van der Waals surface area contributed by atoms with Crippen molar-refractivity contribution in [3.8, 4) is 0 Å². The van der Waals surface area contributed by atoms with Crippen LogP contribution in [0, 0.1) is 12.7 Å². The number of aryl methyl sites for hydroxylation is 1. The summed E-state index contributed by atoms with van der Waals surface area (Å²) in [6, 6.07) is 9.06. The van der Waals surface area contributed by atoms with Crippen molar-refractivity contribution in [2.24, 2.45) is 0 Å².